The van der Waals surface area contributed by atoms with Gasteiger partial charge in [0.25, 0.3) is 5.91 Å². The highest BCUT2D eigenvalue weighted by atomic mass is 35.5. The van der Waals surface area contributed by atoms with Crippen LogP contribution in [0.4, 0.5) is 5.69 Å². The number of rotatable bonds is 7. The molecule has 0 spiro atoms. The minimum absolute atomic E-state index is 0.243. The van der Waals surface area contributed by atoms with Crippen molar-refractivity contribution < 1.29 is 14.3 Å². The summed E-state index contributed by atoms with van der Waals surface area (Å²) >= 11 is 6.13. The number of hydrogen-bond acceptors (Lipinski definition) is 3. The van der Waals surface area contributed by atoms with Crippen LogP contribution in [0.1, 0.15) is 28.4 Å². The van der Waals surface area contributed by atoms with E-state index in [0.29, 0.717) is 35.2 Å². The molecule has 28 heavy (non-hydrogen) atoms. The van der Waals surface area contributed by atoms with E-state index in [1.807, 2.05) is 50.2 Å². The normalized spacial score (nSPS) is 10.4. The van der Waals surface area contributed by atoms with Crippen molar-refractivity contribution in [2.24, 2.45) is 0 Å². The molecule has 0 atom stereocenters. The van der Waals surface area contributed by atoms with Crippen molar-refractivity contribution in [3.05, 3.63) is 88.4 Å². The van der Waals surface area contributed by atoms with Crippen LogP contribution in [0, 0.1) is 6.92 Å². The van der Waals surface area contributed by atoms with Gasteiger partial charge in [-0.1, -0.05) is 35.9 Å². The summed E-state index contributed by atoms with van der Waals surface area (Å²) in [6.07, 6.45) is 0. The molecule has 3 rings (SSSR count). The van der Waals surface area contributed by atoms with Crippen molar-refractivity contribution in [2.75, 3.05) is 11.9 Å². The predicted molar refractivity (Wildman–Crippen MR) is 113 cm³/mol. The van der Waals surface area contributed by atoms with Crippen LogP contribution < -0.4 is 14.8 Å². The number of aryl methyl sites for hydroxylation is 1. The third kappa shape index (κ3) is 5.05. The number of hydrogen-bond donors (Lipinski definition) is 1. The highest BCUT2D eigenvalue weighted by molar-refractivity contribution is 6.33. The van der Waals surface area contributed by atoms with Gasteiger partial charge in [0.2, 0.25) is 0 Å². The minimum atomic E-state index is -0.243. The Morgan fingerprint density at radius 1 is 1.00 bits per heavy atom. The van der Waals surface area contributed by atoms with Gasteiger partial charge in [0.05, 0.1) is 17.3 Å². The molecule has 0 saturated heterocycles. The zero-order chi connectivity index (χ0) is 19.9. The Balaban J connectivity index is 1.80. The number of carbonyl (C=O) groups excluding carboxylic acids is 1. The summed E-state index contributed by atoms with van der Waals surface area (Å²) in [6.45, 7) is 4.76. The third-order valence-electron chi connectivity index (χ3n) is 4.13. The zero-order valence-electron chi connectivity index (χ0n) is 15.9. The number of nitrogens with one attached hydrogen (secondary N) is 1. The molecule has 3 aromatic rings. The molecule has 0 radical (unpaired) electrons. The van der Waals surface area contributed by atoms with Crippen LogP contribution in [0.2, 0.25) is 5.02 Å². The average Bonchev–Trinajstić information content (AvgIpc) is 2.69. The molecule has 0 fully saturated rings. The molecule has 0 saturated carbocycles. The zero-order valence-corrected chi connectivity index (χ0v) is 16.6. The van der Waals surface area contributed by atoms with Gasteiger partial charge in [-0.3, -0.25) is 4.79 Å². The lowest BCUT2D eigenvalue weighted by Crippen LogP contribution is -2.13. The summed E-state index contributed by atoms with van der Waals surface area (Å²) in [5.41, 5.74) is 3.00. The fourth-order valence-electron chi connectivity index (χ4n) is 2.75. The number of para-hydroxylation sites is 1. The van der Waals surface area contributed by atoms with Crippen molar-refractivity contribution in [2.45, 2.75) is 20.5 Å². The Morgan fingerprint density at radius 2 is 1.82 bits per heavy atom. The van der Waals surface area contributed by atoms with Crippen LogP contribution in [-0.2, 0) is 6.61 Å². The summed E-state index contributed by atoms with van der Waals surface area (Å²) < 4.78 is 11.6. The second-order valence-corrected chi connectivity index (χ2v) is 6.70. The van der Waals surface area contributed by atoms with Gasteiger partial charge in [0, 0.05) is 11.1 Å². The largest absolute Gasteiger partial charge is 0.493 e. The molecule has 0 aliphatic carbocycles. The molecular formula is C23H22ClNO3. The van der Waals surface area contributed by atoms with Crippen LogP contribution in [0.5, 0.6) is 11.5 Å². The van der Waals surface area contributed by atoms with E-state index in [9.17, 15) is 4.79 Å². The van der Waals surface area contributed by atoms with E-state index in [2.05, 4.69) is 5.32 Å². The Kier molecular flexibility index (Phi) is 6.56. The van der Waals surface area contributed by atoms with Crippen LogP contribution in [-0.4, -0.2) is 12.5 Å². The van der Waals surface area contributed by atoms with Gasteiger partial charge in [-0.2, -0.15) is 0 Å². The van der Waals surface area contributed by atoms with Gasteiger partial charge in [-0.05, 0) is 61.9 Å². The molecule has 144 valence electrons. The van der Waals surface area contributed by atoms with E-state index < -0.39 is 0 Å². The number of anilines is 1. The molecule has 0 aromatic heterocycles. The van der Waals surface area contributed by atoms with E-state index in [0.717, 1.165) is 16.9 Å². The Morgan fingerprint density at radius 3 is 2.57 bits per heavy atom. The fourth-order valence-corrected chi connectivity index (χ4v) is 2.94. The van der Waals surface area contributed by atoms with Crippen molar-refractivity contribution in [3.63, 3.8) is 0 Å². The summed E-state index contributed by atoms with van der Waals surface area (Å²) in [5.74, 6) is 1.23. The molecule has 1 N–H and O–H groups in total. The molecule has 0 heterocycles. The quantitative estimate of drug-likeness (QED) is 0.543. The summed E-state index contributed by atoms with van der Waals surface area (Å²) in [7, 11) is 0. The number of halogens is 1. The van der Waals surface area contributed by atoms with Crippen LogP contribution in [0.15, 0.2) is 66.7 Å². The number of amides is 1. The number of carbonyl (C=O) groups is 1. The highest BCUT2D eigenvalue weighted by Gasteiger charge is 2.13. The lowest BCUT2D eigenvalue weighted by Gasteiger charge is -2.14. The first-order valence-electron chi connectivity index (χ1n) is 9.08. The van der Waals surface area contributed by atoms with Crippen molar-refractivity contribution in [1.82, 2.24) is 0 Å². The molecule has 4 nitrogen and oxygen atoms in total. The Hall–Kier alpha value is -2.98. The highest BCUT2D eigenvalue weighted by Crippen LogP contribution is 2.25. The Bertz CT molecular complexity index is 972. The summed E-state index contributed by atoms with van der Waals surface area (Å²) in [5, 5.41) is 3.32. The van der Waals surface area contributed by atoms with Crippen molar-refractivity contribution >= 4 is 23.2 Å². The molecule has 0 bridgehead atoms. The first kappa shape index (κ1) is 19.8. The molecule has 0 aliphatic heterocycles. The monoisotopic (exact) mass is 395 g/mol. The maximum atomic E-state index is 12.7. The lowest BCUT2D eigenvalue weighted by molar-refractivity contribution is 0.102. The predicted octanol–water partition coefficient (Wildman–Crippen LogP) is 5.88. The fraction of sp³-hybridized carbons (Fsp3) is 0.174. The first-order chi connectivity index (χ1) is 13.6. The van der Waals surface area contributed by atoms with E-state index in [1.54, 1.807) is 30.3 Å². The first-order valence-corrected chi connectivity index (χ1v) is 9.45. The molecule has 5 heteroatoms. The number of benzene rings is 3. The Labute approximate surface area is 170 Å². The third-order valence-corrected chi connectivity index (χ3v) is 4.46. The average molecular weight is 396 g/mol. The summed E-state index contributed by atoms with van der Waals surface area (Å²) in [4.78, 5) is 12.7. The SMILES string of the molecule is CCOc1ccc(C(=O)Nc2ccccc2Cl)cc1COc1cccc(C)c1. The standard InChI is InChI=1S/C23H22ClNO3/c1-3-27-22-12-11-17(23(26)25-21-10-5-4-9-20(21)24)14-18(22)15-28-19-8-6-7-16(2)13-19/h4-14H,3,15H2,1-2H3,(H,25,26). The van der Waals surface area contributed by atoms with E-state index in [-0.39, 0.29) is 5.91 Å². The molecule has 1 amide bonds. The van der Waals surface area contributed by atoms with Gasteiger partial charge in [-0.25, -0.2) is 0 Å². The van der Waals surface area contributed by atoms with Gasteiger partial charge < -0.3 is 14.8 Å². The molecule has 3 aromatic carbocycles. The van der Waals surface area contributed by atoms with E-state index in [4.69, 9.17) is 21.1 Å². The van der Waals surface area contributed by atoms with Gasteiger partial charge in [0.1, 0.15) is 18.1 Å². The van der Waals surface area contributed by atoms with E-state index in [1.165, 1.54) is 0 Å². The minimum Gasteiger partial charge on any atom is -0.493 e. The summed E-state index contributed by atoms with van der Waals surface area (Å²) in [6, 6.07) is 20.3. The maximum Gasteiger partial charge on any atom is 0.255 e. The van der Waals surface area contributed by atoms with Crippen LogP contribution in [0.25, 0.3) is 0 Å². The molecule has 0 unspecified atom stereocenters. The molecule has 0 aliphatic rings. The topological polar surface area (TPSA) is 47.6 Å². The molecular weight excluding hydrogens is 374 g/mol. The smallest absolute Gasteiger partial charge is 0.255 e. The van der Waals surface area contributed by atoms with Crippen LogP contribution in [0.3, 0.4) is 0 Å². The van der Waals surface area contributed by atoms with Crippen molar-refractivity contribution in [1.29, 1.82) is 0 Å². The second kappa shape index (κ2) is 9.29. The van der Waals surface area contributed by atoms with E-state index >= 15 is 0 Å². The van der Waals surface area contributed by atoms with Crippen LogP contribution >= 0.6 is 11.6 Å². The lowest BCUT2D eigenvalue weighted by atomic mass is 10.1. The van der Waals surface area contributed by atoms with Gasteiger partial charge in [-0.15, -0.1) is 0 Å². The maximum absolute atomic E-state index is 12.7. The van der Waals surface area contributed by atoms with Crippen molar-refractivity contribution in [3.8, 4) is 11.5 Å². The van der Waals surface area contributed by atoms with Gasteiger partial charge in [0.15, 0.2) is 0 Å². The number of ether oxygens (including phenoxy) is 2. The second-order valence-electron chi connectivity index (χ2n) is 6.29. The van der Waals surface area contributed by atoms with Gasteiger partial charge >= 0.3 is 0 Å².